The summed E-state index contributed by atoms with van der Waals surface area (Å²) < 4.78 is 1.88. The smallest absolute Gasteiger partial charge is 0.122 e. The van der Waals surface area contributed by atoms with Crippen molar-refractivity contribution < 1.29 is 0 Å². The molecule has 102 valence electrons. The van der Waals surface area contributed by atoms with Gasteiger partial charge in [-0.2, -0.15) is 5.10 Å². The fraction of sp³-hybridized carbons (Fsp3) is 0.438. The van der Waals surface area contributed by atoms with Gasteiger partial charge in [-0.3, -0.25) is 0 Å². The van der Waals surface area contributed by atoms with Crippen molar-refractivity contribution in [1.29, 1.82) is 0 Å². The van der Waals surface area contributed by atoms with Crippen LogP contribution in [-0.4, -0.2) is 9.78 Å². The van der Waals surface area contributed by atoms with Gasteiger partial charge in [0.1, 0.15) is 5.82 Å². The Bertz CT molecular complexity index is 562. The monoisotopic (exact) mass is 257 g/mol. The zero-order valence-corrected chi connectivity index (χ0v) is 12.3. The molecule has 0 saturated heterocycles. The van der Waals surface area contributed by atoms with Crippen LogP contribution < -0.4 is 5.73 Å². The molecule has 1 aromatic heterocycles. The first-order valence-electron chi connectivity index (χ1n) is 6.71. The second kappa shape index (κ2) is 5.08. The summed E-state index contributed by atoms with van der Waals surface area (Å²) in [6.07, 6.45) is 0.942. The van der Waals surface area contributed by atoms with E-state index >= 15 is 0 Å². The lowest BCUT2D eigenvalue weighted by Crippen LogP contribution is -2.11. The largest absolute Gasteiger partial charge is 0.384 e. The van der Waals surface area contributed by atoms with Crippen molar-refractivity contribution in [3.05, 3.63) is 47.2 Å². The van der Waals surface area contributed by atoms with Gasteiger partial charge in [0, 0.05) is 6.07 Å². The average Bonchev–Trinajstić information content (AvgIpc) is 2.56. The highest BCUT2D eigenvalue weighted by Crippen LogP contribution is 2.21. The standard InChI is InChI=1S/C16H23N3/c1-12-6-5-7-13(8-12)11-19-15(17)9-14(18-19)10-16(2,3)4/h5-9H,10-11,17H2,1-4H3. The van der Waals surface area contributed by atoms with Crippen LogP contribution in [0.4, 0.5) is 5.82 Å². The third-order valence-electron chi connectivity index (χ3n) is 2.99. The Kier molecular flexibility index (Phi) is 3.65. The molecule has 0 fully saturated rings. The summed E-state index contributed by atoms with van der Waals surface area (Å²) in [5.41, 5.74) is 9.84. The average molecular weight is 257 g/mol. The van der Waals surface area contributed by atoms with Crippen molar-refractivity contribution in [3.63, 3.8) is 0 Å². The Hall–Kier alpha value is -1.77. The summed E-state index contributed by atoms with van der Waals surface area (Å²) >= 11 is 0. The minimum atomic E-state index is 0.231. The Morgan fingerprint density at radius 3 is 2.58 bits per heavy atom. The molecule has 3 nitrogen and oxygen atoms in total. The van der Waals surface area contributed by atoms with Gasteiger partial charge in [0.05, 0.1) is 12.2 Å². The van der Waals surface area contributed by atoms with Crippen molar-refractivity contribution >= 4 is 5.82 Å². The molecule has 0 unspecified atom stereocenters. The molecular formula is C16H23N3. The van der Waals surface area contributed by atoms with E-state index in [1.807, 2.05) is 10.7 Å². The second-order valence-electron chi connectivity index (χ2n) is 6.44. The van der Waals surface area contributed by atoms with Crippen molar-refractivity contribution in [3.8, 4) is 0 Å². The molecule has 0 atom stereocenters. The van der Waals surface area contributed by atoms with E-state index in [0.29, 0.717) is 0 Å². The number of nitrogens with two attached hydrogens (primary N) is 1. The Morgan fingerprint density at radius 2 is 1.95 bits per heavy atom. The number of hydrogen-bond acceptors (Lipinski definition) is 2. The van der Waals surface area contributed by atoms with Crippen LogP contribution in [0.15, 0.2) is 30.3 Å². The Balaban J connectivity index is 2.17. The summed E-state index contributed by atoms with van der Waals surface area (Å²) in [6.45, 7) is 9.47. The van der Waals surface area contributed by atoms with Gasteiger partial charge in [0.15, 0.2) is 0 Å². The van der Waals surface area contributed by atoms with E-state index in [2.05, 4.69) is 57.1 Å². The molecule has 0 bridgehead atoms. The highest BCUT2D eigenvalue weighted by Gasteiger charge is 2.15. The molecule has 2 rings (SSSR count). The molecule has 0 aliphatic rings. The molecule has 0 saturated carbocycles. The van der Waals surface area contributed by atoms with Crippen LogP contribution >= 0.6 is 0 Å². The molecule has 2 aromatic rings. The predicted octanol–water partition coefficient (Wildman–Crippen LogP) is 3.41. The quantitative estimate of drug-likeness (QED) is 0.915. The minimum Gasteiger partial charge on any atom is -0.384 e. The lowest BCUT2D eigenvalue weighted by atomic mass is 9.91. The normalized spacial score (nSPS) is 11.8. The number of anilines is 1. The van der Waals surface area contributed by atoms with E-state index in [0.717, 1.165) is 24.5 Å². The molecule has 1 heterocycles. The zero-order chi connectivity index (χ0) is 14.0. The van der Waals surface area contributed by atoms with Gasteiger partial charge in [-0.05, 0) is 24.3 Å². The maximum atomic E-state index is 6.05. The summed E-state index contributed by atoms with van der Waals surface area (Å²) in [6, 6.07) is 10.4. The first-order chi connectivity index (χ1) is 8.83. The number of benzene rings is 1. The number of aromatic nitrogens is 2. The van der Waals surface area contributed by atoms with E-state index in [-0.39, 0.29) is 5.41 Å². The lowest BCUT2D eigenvalue weighted by Gasteiger charge is -2.15. The molecule has 0 spiro atoms. The van der Waals surface area contributed by atoms with Gasteiger partial charge in [-0.25, -0.2) is 4.68 Å². The Morgan fingerprint density at radius 1 is 1.21 bits per heavy atom. The van der Waals surface area contributed by atoms with Gasteiger partial charge < -0.3 is 5.73 Å². The summed E-state index contributed by atoms with van der Waals surface area (Å²) in [4.78, 5) is 0. The van der Waals surface area contributed by atoms with Crippen molar-refractivity contribution in [1.82, 2.24) is 9.78 Å². The fourth-order valence-corrected chi connectivity index (χ4v) is 2.23. The van der Waals surface area contributed by atoms with Gasteiger partial charge in [0.2, 0.25) is 0 Å². The van der Waals surface area contributed by atoms with Crippen LogP contribution in [0.5, 0.6) is 0 Å². The third kappa shape index (κ3) is 3.85. The van der Waals surface area contributed by atoms with Crippen LogP contribution in [0.1, 0.15) is 37.6 Å². The van der Waals surface area contributed by atoms with E-state index in [1.54, 1.807) is 0 Å². The number of nitrogens with zero attached hydrogens (tertiary/aromatic N) is 2. The summed E-state index contributed by atoms with van der Waals surface area (Å²) in [5, 5.41) is 4.61. The first-order valence-corrected chi connectivity index (χ1v) is 6.71. The van der Waals surface area contributed by atoms with Crippen LogP contribution in [0.2, 0.25) is 0 Å². The van der Waals surface area contributed by atoms with Crippen LogP contribution in [-0.2, 0) is 13.0 Å². The summed E-state index contributed by atoms with van der Waals surface area (Å²) in [7, 11) is 0. The van der Waals surface area contributed by atoms with E-state index in [1.165, 1.54) is 11.1 Å². The molecule has 3 heteroatoms. The van der Waals surface area contributed by atoms with Crippen LogP contribution in [0.3, 0.4) is 0 Å². The SMILES string of the molecule is Cc1cccc(Cn2nc(CC(C)(C)C)cc2N)c1. The van der Waals surface area contributed by atoms with Crippen LogP contribution in [0.25, 0.3) is 0 Å². The van der Waals surface area contributed by atoms with E-state index in [4.69, 9.17) is 5.73 Å². The molecule has 0 aliphatic heterocycles. The molecule has 0 radical (unpaired) electrons. The Labute approximate surface area is 115 Å². The predicted molar refractivity (Wildman–Crippen MR) is 80.1 cm³/mol. The van der Waals surface area contributed by atoms with Gasteiger partial charge >= 0.3 is 0 Å². The molecule has 19 heavy (non-hydrogen) atoms. The molecule has 0 aliphatic carbocycles. The molecule has 0 amide bonds. The molecule has 2 N–H and O–H groups in total. The van der Waals surface area contributed by atoms with Gasteiger partial charge in [-0.1, -0.05) is 50.6 Å². The fourth-order valence-electron chi connectivity index (χ4n) is 2.23. The highest BCUT2D eigenvalue weighted by molar-refractivity contribution is 5.33. The molecular weight excluding hydrogens is 234 g/mol. The van der Waals surface area contributed by atoms with Crippen molar-refractivity contribution in [2.75, 3.05) is 5.73 Å². The third-order valence-corrected chi connectivity index (χ3v) is 2.99. The summed E-state index contributed by atoms with van der Waals surface area (Å²) in [5.74, 6) is 0.737. The number of aryl methyl sites for hydroxylation is 1. The molecule has 1 aromatic carbocycles. The number of nitrogen functional groups attached to an aromatic ring is 1. The lowest BCUT2D eigenvalue weighted by molar-refractivity contribution is 0.404. The number of hydrogen-bond donors (Lipinski definition) is 1. The minimum absolute atomic E-state index is 0.231. The van der Waals surface area contributed by atoms with Gasteiger partial charge in [0.25, 0.3) is 0 Å². The van der Waals surface area contributed by atoms with E-state index < -0.39 is 0 Å². The maximum Gasteiger partial charge on any atom is 0.122 e. The van der Waals surface area contributed by atoms with Crippen molar-refractivity contribution in [2.24, 2.45) is 5.41 Å². The van der Waals surface area contributed by atoms with Crippen molar-refractivity contribution in [2.45, 2.75) is 40.7 Å². The zero-order valence-electron chi connectivity index (χ0n) is 12.3. The maximum absolute atomic E-state index is 6.05. The number of rotatable bonds is 3. The topological polar surface area (TPSA) is 43.8 Å². The van der Waals surface area contributed by atoms with Gasteiger partial charge in [-0.15, -0.1) is 0 Å². The second-order valence-corrected chi connectivity index (χ2v) is 6.44. The first kappa shape index (κ1) is 13.7. The van der Waals surface area contributed by atoms with Crippen LogP contribution in [0, 0.1) is 12.3 Å². The highest BCUT2D eigenvalue weighted by atomic mass is 15.3. The van der Waals surface area contributed by atoms with E-state index in [9.17, 15) is 0 Å².